The Balaban J connectivity index is 1.83. The van der Waals surface area contributed by atoms with Crippen molar-refractivity contribution in [1.29, 1.82) is 0 Å². The molecule has 0 saturated heterocycles. The van der Waals surface area contributed by atoms with Gasteiger partial charge in [-0.2, -0.15) is 10.1 Å². The number of aromatic nitrogens is 3. The zero-order chi connectivity index (χ0) is 18.7. The third-order valence-electron chi connectivity index (χ3n) is 3.99. The number of carbonyl (C=O) groups excluding carboxylic acids is 1. The summed E-state index contributed by atoms with van der Waals surface area (Å²) in [6.07, 6.45) is 1.48. The second kappa shape index (κ2) is 7.49. The number of hydrogen-bond donors (Lipinski definition) is 1. The van der Waals surface area contributed by atoms with Crippen LogP contribution in [0.3, 0.4) is 0 Å². The zero-order valence-electron chi connectivity index (χ0n) is 14.3. The van der Waals surface area contributed by atoms with Crippen molar-refractivity contribution in [1.82, 2.24) is 14.8 Å². The average Bonchev–Trinajstić information content (AvgIpc) is 2.64. The highest BCUT2D eigenvalue weighted by molar-refractivity contribution is 6.31. The molecule has 1 amide bonds. The normalized spacial score (nSPS) is 11.8. The highest BCUT2D eigenvalue weighted by Crippen LogP contribution is 2.21. The molecule has 0 saturated carbocycles. The minimum absolute atomic E-state index is 0.376. The number of carbonyl (C=O) groups is 1. The third kappa shape index (κ3) is 3.81. The molecule has 26 heavy (non-hydrogen) atoms. The van der Waals surface area contributed by atoms with Crippen LogP contribution in [0.25, 0.3) is 11.3 Å². The van der Waals surface area contributed by atoms with Gasteiger partial charge in [0.15, 0.2) is 0 Å². The number of benzene rings is 2. The first-order valence-corrected chi connectivity index (χ1v) is 8.42. The average molecular weight is 369 g/mol. The van der Waals surface area contributed by atoms with Crippen molar-refractivity contribution in [2.24, 2.45) is 0 Å². The second-order valence-electron chi connectivity index (χ2n) is 5.86. The molecule has 0 aliphatic heterocycles. The van der Waals surface area contributed by atoms with Gasteiger partial charge in [-0.25, -0.2) is 9.48 Å². The van der Waals surface area contributed by atoms with Crippen LogP contribution in [0.5, 0.6) is 0 Å². The molecule has 3 rings (SSSR count). The maximum Gasteiger partial charge on any atom is 0.365 e. The lowest BCUT2D eigenvalue weighted by Gasteiger charge is -2.15. The van der Waals surface area contributed by atoms with Gasteiger partial charge in [0, 0.05) is 16.3 Å². The summed E-state index contributed by atoms with van der Waals surface area (Å²) < 4.78 is 1.06. The molecule has 0 fully saturated rings. The lowest BCUT2D eigenvalue weighted by Crippen LogP contribution is -2.35. The van der Waals surface area contributed by atoms with Crippen LogP contribution in [0.15, 0.2) is 59.5 Å². The van der Waals surface area contributed by atoms with Gasteiger partial charge in [0.2, 0.25) is 5.91 Å². The molecule has 6 nitrogen and oxygen atoms in total. The monoisotopic (exact) mass is 368 g/mol. The first kappa shape index (κ1) is 17.8. The number of aryl methyl sites for hydroxylation is 1. The van der Waals surface area contributed by atoms with Gasteiger partial charge in [-0.05, 0) is 31.5 Å². The minimum atomic E-state index is -0.821. The van der Waals surface area contributed by atoms with Gasteiger partial charge < -0.3 is 5.32 Å². The summed E-state index contributed by atoms with van der Waals surface area (Å²) in [4.78, 5) is 28.9. The molecule has 2 aromatic carbocycles. The van der Waals surface area contributed by atoms with Crippen molar-refractivity contribution in [3.05, 3.63) is 75.8 Å². The van der Waals surface area contributed by atoms with Crippen molar-refractivity contribution in [3.63, 3.8) is 0 Å². The Kier molecular flexibility index (Phi) is 5.14. The molecular formula is C19H17ClN4O2. The van der Waals surface area contributed by atoms with Crippen LogP contribution in [-0.2, 0) is 4.79 Å². The van der Waals surface area contributed by atoms with Crippen molar-refractivity contribution in [3.8, 4) is 11.3 Å². The molecule has 0 bridgehead atoms. The molecule has 0 aliphatic rings. The fraction of sp³-hybridized carbons (Fsp3) is 0.158. The summed E-state index contributed by atoms with van der Waals surface area (Å²) in [6.45, 7) is 3.45. The Morgan fingerprint density at radius 2 is 1.92 bits per heavy atom. The topological polar surface area (TPSA) is 76.9 Å². The predicted octanol–water partition coefficient (Wildman–Crippen LogP) is 3.47. The fourth-order valence-electron chi connectivity index (χ4n) is 2.44. The minimum Gasteiger partial charge on any atom is -0.324 e. The Hall–Kier alpha value is -2.99. The van der Waals surface area contributed by atoms with E-state index < -0.39 is 11.7 Å². The quantitative estimate of drug-likeness (QED) is 0.765. The Morgan fingerprint density at radius 3 is 2.62 bits per heavy atom. The molecule has 0 spiro atoms. The van der Waals surface area contributed by atoms with E-state index in [0.29, 0.717) is 16.4 Å². The maximum atomic E-state index is 12.5. The molecular weight excluding hydrogens is 352 g/mol. The number of nitrogens with one attached hydrogen (secondary N) is 1. The van der Waals surface area contributed by atoms with Crippen LogP contribution in [0.2, 0.25) is 5.02 Å². The molecule has 0 radical (unpaired) electrons. The van der Waals surface area contributed by atoms with Crippen molar-refractivity contribution in [2.45, 2.75) is 19.9 Å². The Labute approximate surface area is 155 Å². The largest absolute Gasteiger partial charge is 0.365 e. The van der Waals surface area contributed by atoms with E-state index in [0.717, 1.165) is 15.8 Å². The lowest BCUT2D eigenvalue weighted by molar-refractivity contribution is -0.119. The highest BCUT2D eigenvalue weighted by Gasteiger charge is 2.19. The van der Waals surface area contributed by atoms with Gasteiger partial charge in [-0.15, -0.1) is 0 Å². The molecule has 3 aromatic rings. The molecule has 1 N–H and O–H groups in total. The van der Waals surface area contributed by atoms with E-state index in [4.69, 9.17) is 11.6 Å². The van der Waals surface area contributed by atoms with Gasteiger partial charge in [0.05, 0.1) is 11.9 Å². The van der Waals surface area contributed by atoms with Crippen LogP contribution >= 0.6 is 11.6 Å². The molecule has 7 heteroatoms. The highest BCUT2D eigenvalue weighted by atomic mass is 35.5. The van der Waals surface area contributed by atoms with Crippen molar-refractivity contribution in [2.75, 3.05) is 5.32 Å². The van der Waals surface area contributed by atoms with Gasteiger partial charge in [-0.1, -0.05) is 48.0 Å². The number of amides is 1. The molecule has 132 valence electrons. The number of nitrogens with zero attached hydrogens (tertiary/aromatic N) is 3. The van der Waals surface area contributed by atoms with Gasteiger partial charge in [-0.3, -0.25) is 4.79 Å². The van der Waals surface area contributed by atoms with Crippen molar-refractivity contribution < 1.29 is 4.79 Å². The van der Waals surface area contributed by atoms with E-state index in [9.17, 15) is 9.59 Å². The second-order valence-corrected chi connectivity index (χ2v) is 6.30. The number of halogens is 1. The smallest absolute Gasteiger partial charge is 0.324 e. The Bertz CT molecular complexity index is 1000. The van der Waals surface area contributed by atoms with Crippen molar-refractivity contribution >= 4 is 23.2 Å². The summed E-state index contributed by atoms with van der Waals surface area (Å²) >= 11 is 5.97. The van der Waals surface area contributed by atoms with Crippen LogP contribution in [0.4, 0.5) is 5.69 Å². The van der Waals surface area contributed by atoms with E-state index in [2.05, 4.69) is 15.4 Å². The van der Waals surface area contributed by atoms with Gasteiger partial charge in [0.1, 0.15) is 6.04 Å². The molecule has 0 aliphatic carbocycles. The van der Waals surface area contributed by atoms with Gasteiger partial charge in [0.25, 0.3) is 0 Å². The summed E-state index contributed by atoms with van der Waals surface area (Å²) in [5.41, 5.74) is 2.13. The van der Waals surface area contributed by atoms with E-state index in [1.54, 1.807) is 19.1 Å². The standard InChI is InChI=1S/C19H17ClN4O2/c1-12-8-9-15(20)10-16(12)22-18(25)13(2)24-19(26)23-17(11-21-24)14-6-4-3-5-7-14/h3-11,13H,1-2H3,(H,22,25)/t13-/m1/s1. The molecule has 0 unspecified atom stereocenters. The van der Waals surface area contributed by atoms with Crippen LogP contribution < -0.4 is 11.0 Å². The van der Waals surface area contributed by atoms with Crippen LogP contribution in [0, 0.1) is 6.92 Å². The molecule has 1 aromatic heterocycles. The number of hydrogen-bond acceptors (Lipinski definition) is 4. The fourth-order valence-corrected chi connectivity index (χ4v) is 2.61. The zero-order valence-corrected chi connectivity index (χ0v) is 15.1. The summed E-state index contributed by atoms with van der Waals surface area (Å²) in [7, 11) is 0. The summed E-state index contributed by atoms with van der Waals surface area (Å²) in [6, 6.07) is 13.7. The molecule has 1 atom stereocenters. The summed E-state index contributed by atoms with van der Waals surface area (Å²) in [5, 5.41) is 7.40. The maximum absolute atomic E-state index is 12.5. The van der Waals surface area contributed by atoms with E-state index in [-0.39, 0.29) is 5.91 Å². The first-order chi connectivity index (χ1) is 12.5. The predicted molar refractivity (Wildman–Crippen MR) is 101 cm³/mol. The SMILES string of the molecule is Cc1ccc(Cl)cc1NC(=O)[C@@H](C)n1ncc(-c2ccccc2)nc1=O. The van der Waals surface area contributed by atoms with Gasteiger partial charge >= 0.3 is 5.69 Å². The first-order valence-electron chi connectivity index (χ1n) is 8.04. The summed E-state index contributed by atoms with van der Waals surface area (Å²) in [5.74, 6) is -0.376. The molecule has 1 heterocycles. The number of rotatable bonds is 4. The lowest BCUT2D eigenvalue weighted by atomic mass is 10.2. The Morgan fingerprint density at radius 1 is 1.19 bits per heavy atom. The van der Waals surface area contributed by atoms with Crippen LogP contribution in [0.1, 0.15) is 18.5 Å². The van der Waals surface area contributed by atoms with E-state index >= 15 is 0 Å². The van der Waals surface area contributed by atoms with E-state index in [1.807, 2.05) is 43.3 Å². The number of anilines is 1. The van der Waals surface area contributed by atoms with Crippen LogP contribution in [-0.4, -0.2) is 20.7 Å². The third-order valence-corrected chi connectivity index (χ3v) is 4.22. The van der Waals surface area contributed by atoms with E-state index in [1.165, 1.54) is 6.20 Å².